The molecule has 31 heavy (non-hydrogen) atoms. The minimum atomic E-state index is -0.450. The third-order valence-electron chi connectivity index (χ3n) is 4.95. The summed E-state index contributed by atoms with van der Waals surface area (Å²) in [7, 11) is 1.64. The summed E-state index contributed by atoms with van der Waals surface area (Å²) >= 11 is 1.28. The zero-order valence-corrected chi connectivity index (χ0v) is 17.8. The van der Waals surface area contributed by atoms with E-state index in [1.165, 1.54) is 11.3 Å². The van der Waals surface area contributed by atoms with Gasteiger partial charge in [0.25, 0.3) is 0 Å². The number of carbonyl (C=O) groups is 2. The standard InChI is InChI=1S/C23H22N4O3S/c1-30-16-8-6-14(7-9-16)22-18(17-4-2-3-5-19(17)26-22)10-11-21(29)27-23-25-15(13-31-23)12-20(24)28/h2-9,13,26H,10-12H2,1H3,(H2,24,28)(H,25,27,29). The number of nitrogens with two attached hydrogens (primary N) is 1. The van der Waals surface area contributed by atoms with E-state index in [1.807, 2.05) is 42.5 Å². The molecule has 0 bridgehead atoms. The molecule has 4 aromatic rings. The van der Waals surface area contributed by atoms with Crippen LogP contribution in [-0.2, 0) is 22.4 Å². The number of nitrogens with one attached hydrogen (secondary N) is 2. The van der Waals surface area contributed by atoms with Crippen molar-refractivity contribution >= 4 is 39.2 Å². The molecular weight excluding hydrogens is 412 g/mol. The number of ether oxygens (including phenoxy) is 1. The van der Waals surface area contributed by atoms with Gasteiger partial charge >= 0.3 is 0 Å². The summed E-state index contributed by atoms with van der Waals surface area (Å²) in [6.45, 7) is 0. The van der Waals surface area contributed by atoms with Gasteiger partial charge in [-0.25, -0.2) is 4.98 Å². The summed E-state index contributed by atoms with van der Waals surface area (Å²) in [5.41, 5.74) is 9.89. The van der Waals surface area contributed by atoms with Crippen LogP contribution in [0.4, 0.5) is 5.13 Å². The smallest absolute Gasteiger partial charge is 0.226 e. The van der Waals surface area contributed by atoms with Gasteiger partial charge in [-0.05, 0) is 47.9 Å². The summed E-state index contributed by atoms with van der Waals surface area (Å²) in [6, 6.07) is 15.9. The number of benzene rings is 2. The van der Waals surface area contributed by atoms with Gasteiger partial charge in [0.1, 0.15) is 5.75 Å². The van der Waals surface area contributed by atoms with Crippen LogP contribution in [0.2, 0.25) is 0 Å². The van der Waals surface area contributed by atoms with E-state index in [0.29, 0.717) is 23.7 Å². The fourth-order valence-corrected chi connectivity index (χ4v) is 4.23. The Morgan fingerprint density at radius 2 is 1.94 bits per heavy atom. The van der Waals surface area contributed by atoms with Gasteiger partial charge in [0.2, 0.25) is 11.8 Å². The SMILES string of the molecule is COc1ccc(-c2[nH]c3ccccc3c2CCC(=O)Nc2nc(CC(N)=O)cs2)cc1. The van der Waals surface area contributed by atoms with Gasteiger partial charge < -0.3 is 20.8 Å². The molecule has 2 amide bonds. The molecule has 2 aromatic heterocycles. The number of fused-ring (bicyclic) bond motifs is 1. The number of nitrogens with zero attached hydrogens (tertiary/aromatic N) is 1. The van der Waals surface area contributed by atoms with Gasteiger partial charge in [0.05, 0.1) is 19.2 Å². The van der Waals surface area contributed by atoms with Crippen molar-refractivity contribution in [3.8, 4) is 17.0 Å². The van der Waals surface area contributed by atoms with Crippen LogP contribution in [0.1, 0.15) is 17.7 Å². The Hall–Kier alpha value is -3.65. The van der Waals surface area contributed by atoms with E-state index in [4.69, 9.17) is 10.5 Å². The lowest BCUT2D eigenvalue weighted by atomic mass is 10.0. The third-order valence-corrected chi connectivity index (χ3v) is 5.75. The monoisotopic (exact) mass is 434 g/mol. The van der Waals surface area contributed by atoms with Crippen LogP contribution in [0.5, 0.6) is 5.75 Å². The number of amides is 2. The van der Waals surface area contributed by atoms with E-state index in [2.05, 4.69) is 21.4 Å². The Labute approximate surface area is 183 Å². The van der Waals surface area contributed by atoms with E-state index in [-0.39, 0.29) is 12.3 Å². The number of primary amides is 1. The number of aromatic nitrogens is 2. The van der Waals surface area contributed by atoms with Crippen LogP contribution < -0.4 is 15.8 Å². The van der Waals surface area contributed by atoms with Crippen LogP contribution in [-0.4, -0.2) is 28.9 Å². The maximum absolute atomic E-state index is 12.5. The van der Waals surface area contributed by atoms with Gasteiger partial charge in [0, 0.05) is 28.4 Å². The normalized spacial score (nSPS) is 10.9. The first-order chi connectivity index (χ1) is 15.0. The van der Waals surface area contributed by atoms with Crippen LogP contribution in [0, 0.1) is 0 Å². The number of thiazole rings is 1. The van der Waals surface area contributed by atoms with Gasteiger partial charge in [-0.3, -0.25) is 9.59 Å². The number of rotatable bonds is 8. The molecule has 4 N–H and O–H groups in total. The molecule has 158 valence electrons. The number of hydrogen-bond donors (Lipinski definition) is 3. The third kappa shape index (κ3) is 4.75. The highest BCUT2D eigenvalue weighted by Gasteiger charge is 2.15. The predicted octanol–water partition coefficient (Wildman–Crippen LogP) is 3.90. The number of H-pyrrole nitrogens is 1. The molecule has 0 fully saturated rings. The number of aryl methyl sites for hydroxylation is 1. The Balaban J connectivity index is 1.52. The molecule has 2 heterocycles. The molecule has 0 saturated heterocycles. The zero-order chi connectivity index (χ0) is 21.8. The van der Waals surface area contributed by atoms with Gasteiger partial charge in [0.15, 0.2) is 5.13 Å². The van der Waals surface area contributed by atoms with Crippen molar-refractivity contribution in [2.24, 2.45) is 5.73 Å². The molecule has 0 radical (unpaired) electrons. The van der Waals surface area contributed by atoms with Crippen molar-refractivity contribution in [3.63, 3.8) is 0 Å². The van der Waals surface area contributed by atoms with Crippen molar-refractivity contribution in [3.05, 3.63) is 65.2 Å². The van der Waals surface area contributed by atoms with E-state index in [1.54, 1.807) is 12.5 Å². The highest BCUT2D eigenvalue weighted by Crippen LogP contribution is 2.32. The average Bonchev–Trinajstić information content (AvgIpc) is 3.35. The maximum Gasteiger partial charge on any atom is 0.226 e. The molecule has 0 spiro atoms. The quantitative estimate of drug-likeness (QED) is 0.391. The second-order valence-corrected chi connectivity index (χ2v) is 7.95. The van der Waals surface area contributed by atoms with Gasteiger partial charge in [-0.1, -0.05) is 18.2 Å². The second-order valence-electron chi connectivity index (χ2n) is 7.09. The van der Waals surface area contributed by atoms with E-state index >= 15 is 0 Å². The Kier molecular flexibility index (Phi) is 5.99. The maximum atomic E-state index is 12.5. The molecule has 8 heteroatoms. The number of anilines is 1. The highest BCUT2D eigenvalue weighted by atomic mass is 32.1. The Morgan fingerprint density at radius 1 is 1.16 bits per heavy atom. The predicted molar refractivity (Wildman–Crippen MR) is 122 cm³/mol. The molecule has 0 aliphatic rings. The molecule has 4 rings (SSSR count). The molecule has 0 atom stereocenters. The van der Waals surface area contributed by atoms with E-state index < -0.39 is 5.91 Å². The topological polar surface area (TPSA) is 110 Å². The minimum Gasteiger partial charge on any atom is -0.497 e. The molecular formula is C23H22N4O3S. The number of para-hydroxylation sites is 1. The average molecular weight is 435 g/mol. The van der Waals surface area contributed by atoms with Gasteiger partial charge in [-0.2, -0.15) is 0 Å². The van der Waals surface area contributed by atoms with Crippen molar-refractivity contribution in [1.29, 1.82) is 0 Å². The molecule has 0 unspecified atom stereocenters. The fourth-order valence-electron chi connectivity index (χ4n) is 3.51. The zero-order valence-electron chi connectivity index (χ0n) is 17.0. The lowest BCUT2D eigenvalue weighted by Gasteiger charge is -2.07. The minimum absolute atomic E-state index is 0.0624. The summed E-state index contributed by atoms with van der Waals surface area (Å²) in [5.74, 6) is 0.208. The van der Waals surface area contributed by atoms with Crippen LogP contribution in [0.3, 0.4) is 0 Å². The Morgan fingerprint density at radius 3 is 2.68 bits per heavy atom. The Bertz CT molecular complexity index is 1230. The first-order valence-electron chi connectivity index (χ1n) is 9.80. The first kappa shape index (κ1) is 20.6. The second kappa shape index (κ2) is 9.01. The van der Waals surface area contributed by atoms with Crippen LogP contribution in [0.15, 0.2) is 53.9 Å². The largest absolute Gasteiger partial charge is 0.497 e. The molecule has 2 aromatic carbocycles. The van der Waals surface area contributed by atoms with Crippen LogP contribution in [0.25, 0.3) is 22.2 Å². The van der Waals surface area contributed by atoms with Crippen molar-refractivity contribution < 1.29 is 14.3 Å². The number of methoxy groups -OCH3 is 1. The summed E-state index contributed by atoms with van der Waals surface area (Å²) in [5, 5.41) is 6.10. The number of hydrogen-bond acceptors (Lipinski definition) is 5. The fraction of sp³-hybridized carbons (Fsp3) is 0.174. The van der Waals surface area contributed by atoms with Crippen molar-refractivity contribution in [2.45, 2.75) is 19.3 Å². The summed E-state index contributed by atoms with van der Waals surface area (Å²) in [6.07, 6.45) is 0.930. The summed E-state index contributed by atoms with van der Waals surface area (Å²) in [4.78, 5) is 31.3. The molecule has 0 aliphatic carbocycles. The number of aromatic amines is 1. The van der Waals surface area contributed by atoms with E-state index in [9.17, 15) is 9.59 Å². The number of carbonyl (C=O) groups excluding carboxylic acids is 2. The van der Waals surface area contributed by atoms with Crippen molar-refractivity contribution in [1.82, 2.24) is 9.97 Å². The first-order valence-corrected chi connectivity index (χ1v) is 10.7. The summed E-state index contributed by atoms with van der Waals surface area (Å²) < 4.78 is 5.26. The van der Waals surface area contributed by atoms with Crippen molar-refractivity contribution in [2.75, 3.05) is 12.4 Å². The molecule has 0 aliphatic heterocycles. The van der Waals surface area contributed by atoms with Gasteiger partial charge in [-0.15, -0.1) is 11.3 Å². The van der Waals surface area contributed by atoms with Crippen LogP contribution >= 0.6 is 11.3 Å². The lowest BCUT2D eigenvalue weighted by Crippen LogP contribution is -2.14. The van der Waals surface area contributed by atoms with E-state index in [0.717, 1.165) is 33.5 Å². The lowest BCUT2D eigenvalue weighted by molar-refractivity contribution is -0.117. The molecule has 7 nitrogen and oxygen atoms in total. The molecule has 0 saturated carbocycles. The highest BCUT2D eigenvalue weighted by molar-refractivity contribution is 7.13.